The molecule has 118 valence electrons. The maximum Gasteiger partial charge on any atom is 0.242 e. The lowest BCUT2D eigenvalue weighted by atomic mass is 10.1. The summed E-state index contributed by atoms with van der Waals surface area (Å²) in [5, 5.41) is 13.7. The average Bonchev–Trinajstić information content (AvgIpc) is 3.17. The predicted molar refractivity (Wildman–Crippen MR) is 80.9 cm³/mol. The highest BCUT2D eigenvalue weighted by Gasteiger charge is 2.25. The second-order valence-electron chi connectivity index (χ2n) is 5.74. The molecule has 1 aliphatic rings. The third-order valence-corrected chi connectivity index (χ3v) is 5.93. The highest BCUT2D eigenvalue weighted by atomic mass is 32.2. The summed E-state index contributed by atoms with van der Waals surface area (Å²) in [4.78, 5) is 0.357. The van der Waals surface area contributed by atoms with Gasteiger partial charge in [-0.3, -0.25) is 0 Å². The molecule has 0 fully saturated rings. The molecule has 0 saturated carbocycles. The molecule has 1 aliphatic carbocycles. The summed E-state index contributed by atoms with van der Waals surface area (Å²) in [6.07, 6.45) is 3.10. The second-order valence-corrected chi connectivity index (χ2v) is 7.79. The maximum absolute atomic E-state index is 12.7. The monoisotopic (exact) mass is 321 g/mol. The van der Waals surface area contributed by atoms with E-state index in [0.717, 1.165) is 24.8 Å². The maximum atomic E-state index is 12.7. The topological polar surface area (TPSA) is 91.8 Å². The van der Waals surface area contributed by atoms with Gasteiger partial charge in [-0.15, -0.1) is 10.2 Å². The van der Waals surface area contributed by atoms with Crippen molar-refractivity contribution in [3.05, 3.63) is 35.2 Å². The Bertz CT molecular complexity index is 758. The summed E-state index contributed by atoms with van der Waals surface area (Å²) in [6, 6.07) is 5.45. The van der Waals surface area contributed by atoms with Crippen LogP contribution in [0.1, 0.15) is 36.2 Å². The van der Waals surface area contributed by atoms with Crippen LogP contribution in [-0.2, 0) is 22.9 Å². The SMILES string of the molecule is CC(CN(C)S(=O)(=O)c1ccc2c(c1)CCC2)c1nn[nH]n1. The molecule has 7 nitrogen and oxygen atoms in total. The predicted octanol–water partition coefficient (Wildman–Crippen LogP) is 1.11. The zero-order valence-corrected chi connectivity index (χ0v) is 13.5. The summed E-state index contributed by atoms with van der Waals surface area (Å²) < 4.78 is 26.7. The van der Waals surface area contributed by atoms with Crippen molar-refractivity contribution < 1.29 is 8.42 Å². The minimum atomic E-state index is -3.50. The first-order valence-electron chi connectivity index (χ1n) is 7.30. The number of aryl methyl sites for hydroxylation is 2. The third-order valence-electron chi connectivity index (χ3n) is 4.11. The summed E-state index contributed by atoms with van der Waals surface area (Å²) in [5.74, 6) is 0.379. The molecule has 22 heavy (non-hydrogen) atoms. The largest absolute Gasteiger partial charge is 0.242 e. The minimum Gasteiger partial charge on any atom is -0.207 e. The molecule has 2 aromatic rings. The van der Waals surface area contributed by atoms with E-state index in [4.69, 9.17) is 0 Å². The Morgan fingerprint density at radius 2 is 2.09 bits per heavy atom. The van der Waals surface area contributed by atoms with E-state index in [2.05, 4.69) is 20.6 Å². The van der Waals surface area contributed by atoms with Crippen molar-refractivity contribution in [3.8, 4) is 0 Å². The van der Waals surface area contributed by atoms with Crippen molar-refractivity contribution in [3.63, 3.8) is 0 Å². The molecule has 0 bridgehead atoms. The van der Waals surface area contributed by atoms with Crippen LogP contribution in [0, 0.1) is 0 Å². The smallest absolute Gasteiger partial charge is 0.207 e. The van der Waals surface area contributed by atoms with Gasteiger partial charge in [0.05, 0.1) is 4.90 Å². The molecule has 3 rings (SSSR count). The Morgan fingerprint density at radius 1 is 1.32 bits per heavy atom. The van der Waals surface area contributed by atoms with Gasteiger partial charge in [-0.2, -0.15) is 5.21 Å². The van der Waals surface area contributed by atoms with Crippen LogP contribution in [0.3, 0.4) is 0 Å². The van der Waals surface area contributed by atoms with E-state index in [1.165, 1.54) is 9.87 Å². The van der Waals surface area contributed by atoms with Crippen LogP contribution in [0.4, 0.5) is 0 Å². The third kappa shape index (κ3) is 2.76. The van der Waals surface area contributed by atoms with Crippen molar-refractivity contribution >= 4 is 10.0 Å². The van der Waals surface area contributed by atoms with E-state index < -0.39 is 10.0 Å². The van der Waals surface area contributed by atoms with Crippen LogP contribution in [0.15, 0.2) is 23.1 Å². The number of fused-ring (bicyclic) bond motifs is 1. The number of nitrogens with zero attached hydrogens (tertiary/aromatic N) is 4. The molecule has 1 heterocycles. The second kappa shape index (κ2) is 5.77. The number of benzene rings is 1. The van der Waals surface area contributed by atoms with E-state index in [9.17, 15) is 8.42 Å². The molecule has 0 radical (unpaired) electrons. The first-order chi connectivity index (χ1) is 10.5. The number of tetrazole rings is 1. The minimum absolute atomic E-state index is 0.132. The van der Waals surface area contributed by atoms with Gasteiger partial charge in [-0.05, 0) is 42.5 Å². The summed E-state index contributed by atoms with van der Waals surface area (Å²) in [6.45, 7) is 2.18. The van der Waals surface area contributed by atoms with Gasteiger partial charge in [0, 0.05) is 19.5 Å². The number of likely N-dealkylation sites (N-methyl/N-ethyl adjacent to an activating group) is 1. The lowest BCUT2D eigenvalue weighted by Gasteiger charge is -2.20. The number of nitrogens with one attached hydrogen (secondary N) is 1. The quantitative estimate of drug-likeness (QED) is 0.890. The van der Waals surface area contributed by atoms with Gasteiger partial charge in [0.2, 0.25) is 10.0 Å². The Kier molecular flexibility index (Phi) is 3.96. The number of hydrogen-bond acceptors (Lipinski definition) is 5. The lowest BCUT2D eigenvalue weighted by molar-refractivity contribution is 0.439. The molecule has 1 aromatic heterocycles. The van der Waals surface area contributed by atoms with Crippen LogP contribution >= 0.6 is 0 Å². The molecule has 1 aromatic carbocycles. The first-order valence-corrected chi connectivity index (χ1v) is 8.74. The van der Waals surface area contributed by atoms with Crippen molar-refractivity contribution in [1.29, 1.82) is 0 Å². The summed E-state index contributed by atoms with van der Waals surface area (Å²) in [5.41, 5.74) is 2.42. The van der Waals surface area contributed by atoms with E-state index in [-0.39, 0.29) is 5.92 Å². The zero-order chi connectivity index (χ0) is 15.7. The van der Waals surface area contributed by atoms with Gasteiger partial charge >= 0.3 is 0 Å². The zero-order valence-electron chi connectivity index (χ0n) is 12.7. The fourth-order valence-electron chi connectivity index (χ4n) is 2.83. The Balaban J connectivity index is 1.80. The normalized spacial score (nSPS) is 16.0. The van der Waals surface area contributed by atoms with Crippen molar-refractivity contribution in [2.24, 2.45) is 0 Å². The lowest BCUT2D eigenvalue weighted by Crippen LogP contribution is -2.31. The van der Waals surface area contributed by atoms with Crippen LogP contribution < -0.4 is 0 Å². The average molecular weight is 321 g/mol. The van der Waals surface area contributed by atoms with Crippen LogP contribution in [-0.4, -0.2) is 46.9 Å². The number of sulfonamides is 1. The summed E-state index contributed by atoms with van der Waals surface area (Å²) >= 11 is 0. The molecule has 0 amide bonds. The van der Waals surface area contributed by atoms with Gasteiger partial charge < -0.3 is 0 Å². The van der Waals surface area contributed by atoms with Crippen molar-refractivity contribution in [1.82, 2.24) is 24.9 Å². The number of aromatic nitrogens is 4. The molecule has 0 saturated heterocycles. The van der Waals surface area contributed by atoms with Gasteiger partial charge in [0.15, 0.2) is 5.82 Å². The first kappa shape index (κ1) is 15.1. The van der Waals surface area contributed by atoms with Crippen LogP contribution in [0.25, 0.3) is 0 Å². The highest BCUT2D eigenvalue weighted by molar-refractivity contribution is 7.89. The number of H-pyrrole nitrogens is 1. The van der Waals surface area contributed by atoms with E-state index in [1.807, 2.05) is 19.1 Å². The van der Waals surface area contributed by atoms with E-state index in [1.54, 1.807) is 13.1 Å². The number of rotatable bonds is 5. The molecule has 1 N–H and O–H groups in total. The van der Waals surface area contributed by atoms with E-state index in [0.29, 0.717) is 17.3 Å². The molecule has 1 atom stereocenters. The Hall–Kier alpha value is -1.80. The molecule has 1 unspecified atom stereocenters. The Labute approximate surface area is 129 Å². The molecule has 8 heteroatoms. The molecular weight excluding hydrogens is 302 g/mol. The van der Waals surface area contributed by atoms with E-state index >= 15 is 0 Å². The van der Waals surface area contributed by atoms with Crippen LogP contribution in [0.2, 0.25) is 0 Å². The Morgan fingerprint density at radius 3 is 2.82 bits per heavy atom. The van der Waals surface area contributed by atoms with Gasteiger partial charge in [0.25, 0.3) is 0 Å². The fourth-order valence-corrected chi connectivity index (χ4v) is 4.14. The van der Waals surface area contributed by atoms with Crippen molar-refractivity contribution in [2.75, 3.05) is 13.6 Å². The summed E-state index contributed by atoms with van der Waals surface area (Å²) in [7, 11) is -1.92. The van der Waals surface area contributed by atoms with Crippen LogP contribution in [0.5, 0.6) is 0 Å². The standard InChI is InChI=1S/C14H19N5O2S/c1-10(14-15-17-18-16-14)9-19(2)22(20,21)13-7-6-11-4-3-5-12(11)8-13/h6-8,10H,3-5,9H2,1-2H3,(H,15,16,17,18). The number of hydrogen-bond donors (Lipinski definition) is 1. The van der Waals surface area contributed by atoms with Gasteiger partial charge in [0.1, 0.15) is 0 Å². The number of aromatic amines is 1. The fraction of sp³-hybridized carbons (Fsp3) is 0.500. The van der Waals surface area contributed by atoms with Gasteiger partial charge in [-0.1, -0.05) is 18.2 Å². The molecule has 0 spiro atoms. The van der Waals surface area contributed by atoms with Gasteiger partial charge in [-0.25, -0.2) is 12.7 Å². The van der Waals surface area contributed by atoms with Crippen molar-refractivity contribution in [2.45, 2.75) is 37.0 Å². The highest BCUT2D eigenvalue weighted by Crippen LogP contribution is 2.26. The molecule has 0 aliphatic heterocycles. The molecular formula is C14H19N5O2S.